The summed E-state index contributed by atoms with van der Waals surface area (Å²) in [4.78, 5) is 10.9. The second-order valence-corrected chi connectivity index (χ2v) is 8.61. The van der Waals surface area contributed by atoms with E-state index in [0.717, 1.165) is 58.4 Å². The van der Waals surface area contributed by atoms with Crippen LogP contribution in [0.25, 0.3) is 22.1 Å². The van der Waals surface area contributed by atoms with E-state index < -0.39 is 5.97 Å². The van der Waals surface area contributed by atoms with E-state index in [2.05, 4.69) is 30.4 Å². The zero-order valence-corrected chi connectivity index (χ0v) is 19.9. The molecule has 4 rings (SSSR count). The smallest absolute Gasteiger partial charge is 0.307 e. The van der Waals surface area contributed by atoms with Crippen LogP contribution in [0.5, 0.6) is 5.75 Å². The second-order valence-electron chi connectivity index (χ2n) is 8.20. The number of anilines is 1. The lowest BCUT2D eigenvalue weighted by atomic mass is 10.0. The van der Waals surface area contributed by atoms with E-state index in [0.29, 0.717) is 23.7 Å². The lowest BCUT2D eigenvalue weighted by Gasteiger charge is -2.13. The maximum Gasteiger partial charge on any atom is 0.307 e. The fourth-order valence-electron chi connectivity index (χ4n) is 4.06. The highest BCUT2D eigenvalue weighted by molar-refractivity contribution is 6.33. The molecule has 0 spiro atoms. The van der Waals surface area contributed by atoms with Crippen LogP contribution in [-0.4, -0.2) is 24.2 Å². The SMILES string of the molecule is CCCc1c(OCCCNc2ccc(CC(=O)O)cc2Cl)ccc2c(-c3ccccc3)coc12. The summed E-state index contributed by atoms with van der Waals surface area (Å²) in [5.74, 6) is -0.0141. The van der Waals surface area contributed by atoms with E-state index in [1.54, 1.807) is 12.1 Å². The number of carboxylic acid groups (broad SMARTS) is 1. The Kier molecular flexibility index (Phi) is 7.76. The van der Waals surface area contributed by atoms with Crippen LogP contribution in [0.15, 0.2) is 71.3 Å². The molecule has 0 bridgehead atoms. The molecule has 34 heavy (non-hydrogen) atoms. The van der Waals surface area contributed by atoms with Gasteiger partial charge in [0.2, 0.25) is 0 Å². The monoisotopic (exact) mass is 477 g/mol. The number of ether oxygens (including phenoxy) is 1. The van der Waals surface area contributed by atoms with Crippen molar-refractivity contribution in [3.63, 3.8) is 0 Å². The number of hydrogen-bond donors (Lipinski definition) is 2. The van der Waals surface area contributed by atoms with Gasteiger partial charge >= 0.3 is 5.97 Å². The molecular formula is C28H28ClNO4. The van der Waals surface area contributed by atoms with Crippen molar-refractivity contribution in [1.82, 2.24) is 0 Å². The number of fused-ring (bicyclic) bond motifs is 1. The molecule has 0 fully saturated rings. The van der Waals surface area contributed by atoms with Crippen molar-refractivity contribution in [2.75, 3.05) is 18.5 Å². The van der Waals surface area contributed by atoms with Crippen molar-refractivity contribution in [3.05, 3.63) is 83.1 Å². The van der Waals surface area contributed by atoms with Gasteiger partial charge in [-0.3, -0.25) is 4.79 Å². The van der Waals surface area contributed by atoms with Gasteiger partial charge in [-0.15, -0.1) is 0 Å². The average molecular weight is 478 g/mol. The summed E-state index contributed by atoms with van der Waals surface area (Å²) in [6, 6.07) is 19.7. The highest BCUT2D eigenvalue weighted by atomic mass is 35.5. The molecule has 0 saturated carbocycles. The quantitative estimate of drug-likeness (QED) is 0.223. The Balaban J connectivity index is 1.39. The average Bonchev–Trinajstić information content (AvgIpc) is 3.26. The van der Waals surface area contributed by atoms with Crippen LogP contribution in [-0.2, 0) is 17.6 Å². The number of nitrogens with one attached hydrogen (secondary N) is 1. The molecule has 1 aromatic heterocycles. The number of carbonyl (C=O) groups is 1. The number of halogens is 1. The highest BCUT2D eigenvalue weighted by Crippen LogP contribution is 2.37. The van der Waals surface area contributed by atoms with E-state index in [9.17, 15) is 4.79 Å². The van der Waals surface area contributed by atoms with Gasteiger partial charge in [-0.05, 0) is 48.2 Å². The maximum absolute atomic E-state index is 10.9. The number of furan rings is 1. The maximum atomic E-state index is 10.9. The van der Waals surface area contributed by atoms with Gasteiger partial charge < -0.3 is 19.6 Å². The van der Waals surface area contributed by atoms with E-state index in [4.69, 9.17) is 25.9 Å². The number of carboxylic acids is 1. The first-order valence-corrected chi connectivity index (χ1v) is 11.9. The number of aliphatic carboxylic acids is 1. The van der Waals surface area contributed by atoms with Gasteiger partial charge in [-0.1, -0.05) is 61.3 Å². The third kappa shape index (κ3) is 5.54. The molecule has 1 heterocycles. The van der Waals surface area contributed by atoms with E-state index in [1.165, 1.54) is 0 Å². The molecular weight excluding hydrogens is 450 g/mol. The molecule has 176 valence electrons. The van der Waals surface area contributed by atoms with E-state index >= 15 is 0 Å². The van der Waals surface area contributed by atoms with Crippen LogP contribution >= 0.6 is 11.6 Å². The summed E-state index contributed by atoms with van der Waals surface area (Å²) >= 11 is 6.28. The summed E-state index contributed by atoms with van der Waals surface area (Å²) in [6.45, 7) is 3.39. The summed E-state index contributed by atoms with van der Waals surface area (Å²) in [5.41, 5.74) is 5.69. The fourth-order valence-corrected chi connectivity index (χ4v) is 4.33. The van der Waals surface area contributed by atoms with Gasteiger partial charge in [-0.2, -0.15) is 0 Å². The zero-order chi connectivity index (χ0) is 23.9. The highest BCUT2D eigenvalue weighted by Gasteiger charge is 2.15. The van der Waals surface area contributed by atoms with E-state index in [1.807, 2.05) is 36.6 Å². The first-order chi connectivity index (χ1) is 16.6. The Morgan fingerprint density at radius 1 is 1.12 bits per heavy atom. The first-order valence-electron chi connectivity index (χ1n) is 11.5. The minimum atomic E-state index is -0.875. The predicted molar refractivity (Wildman–Crippen MR) is 137 cm³/mol. The third-order valence-electron chi connectivity index (χ3n) is 5.67. The van der Waals surface area contributed by atoms with Gasteiger partial charge in [-0.25, -0.2) is 0 Å². The van der Waals surface area contributed by atoms with Gasteiger partial charge in [0.05, 0.1) is 30.0 Å². The standard InChI is InChI=1S/C28H28ClNO4/c1-2-7-22-26(13-11-21-23(18-34-28(21)22)20-8-4-3-5-9-20)33-15-6-14-30-25-12-10-19(16-24(25)29)17-27(31)32/h3-5,8-13,16,18,30H,2,6-7,14-15,17H2,1H3,(H,31,32). The van der Waals surface area contributed by atoms with Crippen molar-refractivity contribution in [3.8, 4) is 16.9 Å². The van der Waals surface area contributed by atoms with E-state index in [-0.39, 0.29) is 6.42 Å². The molecule has 0 amide bonds. The number of aryl methyl sites for hydroxylation is 1. The summed E-state index contributed by atoms with van der Waals surface area (Å²) in [7, 11) is 0. The minimum absolute atomic E-state index is 0.0409. The number of benzene rings is 3. The van der Waals surface area contributed by atoms with Gasteiger partial charge in [0.15, 0.2) is 0 Å². The lowest BCUT2D eigenvalue weighted by molar-refractivity contribution is -0.136. The topological polar surface area (TPSA) is 71.7 Å². The predicted octanol–water partition coefficient (Wildman–Crippen LogP) is 7.21. The van der Waals surface area contributed by atoms with Crippen molar-refractivity contribution < 1.29 is 19.1 Å². The molecule has 0 unspecified atom stereocenters. The Morgan fingerprint density at radius 2 is 1.94 bits per heavy atom. The molecule has 2 N–H and O–H groups in total. The molecule has 0 aliphatic heterocycles. The summed E-state index contributed by atoms with van der Waals surface area (Å²) in [6.07, 6.45) is 4.45. The fraction of sp³-hybridized carbons (Fsp3) is 0.250. The molecule has 0 aliphatic carbocycles. The number of hydrogen-bond acceptors (Lipinski definition) is 4. The molecule has 6 heteroatoms. The summed E-state index contributed by atoms with van der Waals surface area (Å²) < 4.78 is 12.2. The second kappa shape index (κ2) is 11.1. The molecule has 3 aromatic carbocycles. The van der Waals surface area contributed by atoms with Crippen LogP contribution in [0.1, 0.15) is 30.9 Å². The number of rotatable bonds is 11. The molecule has 0 aliphatic rings. The third-order valence-corrected chi connectivity index (χ3v) is 5.98. The van der Waals surface area contributed by atoms with Crippen molar-refractivity contribution in [2.45, 2.75) is 32.6 Å². The molecule has 0 atom stereocenters. The largest absolute Gasteiger partial charge is 0.493 e. The van der Waals surface area contributed by atoms with Gasteiger partial charge in [0.1, 0.15) is 11.3 Å². The molecule has 0 radical (unpaired) electrons. The first kappa shape index (κ1) is 23.7. The van der Waals surface area contributed by atoms with Gasteiger partial charge in [0.25, 0.3) is 0 Å². The lowest BCUT2D eigenvalue weighted by Crippen LogP contribution is -2.09. The van der Waals surface area contributed by atoms with Crippen LogP contribution in [0.4, 0.5) is 5.69 Å². The summed E-state index contributed by atoms with van der Waals surface area (Å²) in [5, 5.41) is 13.8. The van der Waals surface area contributed by atoms with Crippen LogP contribution < -0.4 is 10.1 Å². The normalized spacial score (nSPS) is 11.0. The van der Waals surface area contributed by atoms with Crippen molar-refractivity contribution in [1.29, 1.82) is 0 Å². The van der Waals surface area contributed by atoms with Crippen LogP contribution in [0, 0.1) is 0 Å². The molecule has 5 nitrogen and oxygen atoms in total. The van der Waals surface area contributed by atoms with Crippen molar-refractivity contribution in [2.24, 2.45) is 0 Å². The Morgan fingerprint density at radius 3 is 2.68 bits per heavy atom. The van der Waals surface area contributed by atoms with Crippen molar-refractivity contribution >= 4 is 34.2 Å². The zero-order valence-electron chi connectivity index (χ0n) is 19.1. The molecule has 4 aromatic rings. The Hall–Kier alpha value is -3.44. The molecule has 0 saturated heterocycles. The minimum Gasteiger partial charge on any atom is -0.493 e. The Labute approximate surface area is 204 Å². The van der Waals surface area contributed by atoms with Crippen LogP contribution in [0.3, 0.4) is 0 Å². The van der Waals surface area contributed by atoms with Gasteiger partial charge in [0, 0.05) is 23.1 Å². The van der Waals surface area contributed by atoms with Crippen LogP contribution in [0.2, 0.25) is 5.02 Å². The Bertz CT molecular complexity index is 1270.